The molecular weight excluding hydrogens is 901 g/mol. The summed E-state index contributed by atoms with van der Waals surface area (Å²) < 4.78 is 13.8. The van der Waals surface area contributed by atoms with Crippen molar-refractivity contribution in [2.75, 3.05) is 13.2 Å². The Labute approximate surface area is 440 Å². The average Bonchev–Trinajstić information content (AvgIpc) is 3.86. The molecule has 8 atom stereocenters. The molecule has 0 bridgehead atoms. The fourth-order valence-electron chi connectivity index (χ4n) is 10.5. The van der Waals surface area contributed by atoms with Gasteiger partial charge in [-0.15, -0.1) is 5.10 Å². The van der Waals surface area contributed by atoms with Gasteiger partial charge in [0.2, 0.25) is 0 Å². The second kappa shape index (κ2) is 43.2. The SMILES string of the molecule is CCCCCCCCCCCCCCCCCCCCCCCCCCN[C@@H](CO[C@H]1O[C@H](Cn2cc(-c3ccc(CCC)cc3)nn2)[C@H](O)[C@H](O)[C@H]1O)[C@H](O)[C@H](O)CCCCCCCCCCCCCC. The van der Waals surface area contributed by atoms with Crippen molar-refractivity contribution in [2.24, 2.45) is 0 Å². The number of aliphatic hydroxyl groups is 5. The monoisotopic (exact) mass is 1010 g/mol. The van der Waals surface area contributed by atoms with Crippen molar-refractivity contribution in [1.29, 1.82) is 0 Å². The van der Waals surface area contributed by atoms with Crippen LogP contribution in [0.25, 0.3) is 11.3 Å². The fourth-order valence-corrected chi connectivity index (χ4v) is 10.5. The number of hydrogen-bond acceptors (Lipinski definition) is 10. The molecule has 1 fully saturated rings. The molecule has 0 amide bonds. The molecule has 6 N–H and O–H groups in total. The topological polar surface area (TPSA) is 162 Å². The Morgan fingerprint density at radius 2 is 0.972 bits per heavy atom. The smallest absolute Gasteiger partial charge is 0.186 e. The number of unbranched alkanes of at least 4 members (excludes halogenated alkanes) is 34. The van der Waals surface area contributed by atoms with Gasteiger partial charge in [-0.25, -0.2) is 4.68 Å². The minimum absolute atomic E-state index is 0.0607. The molecule has 0 unspecified atom stereocenters. The number of ether oxygens (including phenoxy) is 2. The zero-order valence-electron chi connectivity index (χ0n) is 46.6. The maximum absolute atomic E-state index is 11.5. The van der Waals surface area contributed by atoms with Crippen LogP contribution in [0.15, 0.2) is 30.5 Å². The van der Waals surface area contributed by atoms with Gasteiger partial charge in [-0.3, -0.25) is 0 Å². The normalized spacial score (nSPS) is 19.5. The highest BCUT2D eigenvalue weighted by atomic mass is 16.7. The van der Waals surface area contributed by atoms with E-state index in [0.29, 0.717) is 18.7 Å². The Hall–Kier alpha value is -1.96. The third-order valence-electron chi connectivity index (χ3n) is 15.4. The summed E-state index contributed by atoms with van der Waals surface area (Å²) in [5.74, 6) is 0. The van der Waals surface area contributed by atoms with Crippen LogP contribution in [0.3, 0.4) is 0 Å². The highest BCUT2D eigenvalue weighted by Crippen LogP contribution is 2.26. The van der Waals surface area contributed by atoms with E-state index < -0.39 is 49.0 Å². The van der Waals surface area contributed by atoms with Crippen LogP contribution in [0.1, 0.15) is 270 Å². The molecule has 1 aliphatic rings. The van der Waals surface area contributed by atoms with Gasteiger partial charge in [0.05, 0.1) is 37.6 Å². The molecule has 0 aliphatic carbocycles. The zero-order chi connectivity index (χ0) is 51.7. The summed E-state index contributed by atoms with van der Waals surface area (Å²) >= 11 is 0. The number of aliphatic hydroxyl groups excluding tert-OH is 5. The molecule has 1 aliphatic heterocycles. The number of aromatic nitrogens is 3. The van der Waals surface area contributed by atoms with Crippen molar-refractivity contribution < 1.29 is 35.0 Å². The van der Waals surface area contributed by atoms with E-state index >= 15 is 0 Å². The van der Waals surface area contributed by atoms with Crippen molar-refractivity contribution in [3.05, 3.63) is 36.0 Å². The van der Waals surface area contributed by atoms with E-state index in [0.717, 1.165) is 50.5 Å². The van der Waals surface area contributed by atoms with Crippen LogP contribution in [0.5, 0.6) is 0 Å². The molecule has 0 saturated carbocycles. The van der Waals surface area contributed by atoms with Crippen molar-refractivity contribution in [3.63, 3.8) is 0 Å². The largest absolute Gasteiger partial charge is 0.390 e. The second-order valence-electron chi connectivity index (χ2n) is 22.0. The van der Waals surface area contributed by atoms with Gasteiger partial charge in [-0.2, -0.15) is 0 Å². The van der Waals surface area contributed by atoms with Crippen LogP contribution in [0, 0.1) is 0 Å². The van der Waals surface area contributed by atoms with Crippen LogP contribution in [-0.4, -0.2) is 103 Å². The van der Waals surface area contributed by atoms with Crippen LogP contribution in [0.4, 0.5) is 0 Å². The lowest BCUT2D eigenvalue weighted by atomic mass is 9.98. The van der Waals surface area contributed by atoms with Crippen molar-refractivity contribution in [2.45, 2.75) is 327 Å². The number of hydrogen-bond donors (Lipinski definition) is 6. The summed E-state index contributed by atoms with van der Waals surface area (Å²) in [6.07, 6.45) is 42.9. The van der Waals surface area contributed by atoms with E-state index in [4.69, 9.17) is 9.47 Å². The van der Waals surface area contributed by atoms with E-state index in [2.05, 4.69) is 48.5 Å². The number of aryl methyl sites for hydroxylation is 1. The van der Waals surface area contributed by atoms with Gasteiger partial charge in [-0.05, 0) is 31.4 Å². The number of rotatable bonds is 49. The van der Waals surface area contributed by atoms with Gasteiger partial charge in [0.15, 0.2) is 6.29 Å². The molecule has 0 radical (unpaired) electrons. The van der Waals surface area contributed by atoms with Crippen LogP contribution >= 0.6 is 0 Å². The number of nitrogens with zero attached hydrogens (tertiary/aromatic N) is 3. The standard InChI is InChI=1S/C61H112N4O7/c1-4-7-9-11-13-15-17-19-20-21-22-23-24-25-26-27-28-29-30-32-34-36-38-40-47-62-54(57(67)55(66)42-39-37-35-33-31-18-16-14-12-10-8-5-2)50-71-61-60(70)59(69)58(68)56(72-61)49-65-48-53(63-64-65)52-45-43-51(41-6-3)44-46-52/h43-46,48,54-62,66-70H,4-42,47,49-50H2,1-3H3/t54-,55+,56+,57-,58-,59-,60+,61-/m0/s1. The molecule has 0 spiro atoms. The Bertz CT molecular complexity index is 1500. The van der Waals surface area contributed by atoms with Crippen LogP contribution in [-0.2, 0) is 22.4 Å². The van der Waals surface area contributed by atoms with E-state index in [-0.39, 0.29) is 13.2 Å². The molecule has 11 nitrogen and oxygen atoms in total. The van der Waals surface area contributed by atoms with Gasteiger partial charge >= 0.3 is 0 Å². The Morgan fingerprint density at radius 3 is 1.42 bits per heavy atom. The van der Waals surface area contributed by atoms with Gasteiger partial charge in [-0.1, -0.05) is 281 Å². The van der Waals surface area contributed by atoms with E-state index in [1.54, 1.807) is 10.9 Å². The lowest BCUT2D eigenvalue weighted by Crippen LogP contribution is -2.60. The molecule has 3 rings (SSSR count). The summed E-state index contributed by atoms with van der Waals surface area (Å²) in [6.45, 7) is 7.38. The maximum Gasteiger partial charge on any atom is 0.186 e. The first-order chi connectivity index (χ1) is 35.3. The quantitative estimate of drug-likeness (QED) is 0.0352. The fraction of sp³-hybridized carbons (Fsp3) is 0.869. The third-order valence-corrected chi connectivity index (χ3v) is 15.4. The molecule has 1 saturated heterocycles. The minimum Gasteiger partial charge on any atom is -0.390 e. The highest BCUT2D eigenvalue weighted by molar-refractivity contribution is 5.58. The average molecular weight is 1010 g/mol. The molecule has 418 valence electrons. The summed E-state index contributed by atoms with van der Waals surface area (Å²) in [7, 11) is 0. The molecule has 72 heavy (non-hydrogen) atoms. The van der Waals surface area contributed by atoms with Gasteiger partial charge < -0.3 is 40.3 Å². The predicted molar refractivity (Wildman–Crippen MR) is 298 cm³/mol. The van der Waals surface area contributed by atoms with Crippen LogP contribution < -0.4 is 5.32 Å². The first-order valence-electron chi connectivity index (χ1n) is 30.7. The zero-order valence-corrected chi connectivity index (χ0v) is 46.6. The lowest BCUT2D eigenvalue weighted by Gasteiger charge is -2.41. The second-order valence-corrected chi connectivity index (χ2v) is 22.0. The van der Waals surface area contributed by atoms with Crippen LogP contribution in [0.2, 0.25) is 0 Å². The predicted octanol–water partition coefficient (Wildman–Crippen LogP) is 13.9. The molecule has 2 aromatic rings. The first-order valence-corrected chi connectivity index (χ1v) is 30.7. The van der Waals surface area contributed by atoms with E-state index in [1.807, 2.05) is 12.1 Å². The molecule has 11 heteroatoms. The van der Waals surface area contributed by atoms with Crippen molar-refractivity contribution in [3.8, 4) is 11.3 Å². The molecule has 2 heterocycles. The van der Waals surface area contributed by atoms with Crippen molar-refractivity contribution in [1.82, 2.24) is 20.3 Å². The Balaban J connectivity index is 1.35. The maximum atomic E-state index is 11.5. The first kappa shape index (κ1) is 64.3. The Morgan fingerprint density at radius 1 is 0.542 bits per heavy atom. The summed E-state index contributed by atoms with van der Waals surface area (Å²) in [5, 5.41) is 67.6. The molecule has 1 aromatic heterocycles. The number of nitrogens with one attached hydrogen (secondary N) is 1. The summed E-state index contributed by atoms with van der Waals surface area (Å²) in [4.78, 5) is 0. The Kier molecular flexibility index (Phi) is 38.6. The lowest BCUT2D eigenvalue weighted by molar-refractivity contribution is -0.301. The molecule has 1 aromatic carbocycles. The van der Waals surface area contributed by atoms with Gasteiger partial charge in [0.25, 0.3) is 0 Å². The minimum atomic E-state index is -1.52. The van der Waals surface area contributed by atoms with E-state index in [9.17, 15) is 25.5 Å². The molecular formula is C61H112N4O7. The summed E-state index contributed by atoms with van der Waals surface area (Å²) in [6, 6.07) is 7.60. The van der Waals surface area contributed by atoms with Crippen molar-refractivity contribution >= 4 is 0 Å². The summed E-state index contributed by atoms with van der Waals surface area (Å²) in [5.41, 5.74) is 2.86. The van der Waals surface area contributed by atoms with Gasteiger partial charge in [0, 0.05) is 5.56 Å². The van der Waals surface area contributed by atoms with Gasteiger partial charge in [0.1, 0.15) is 30.1 Å². The highest BCUT2D eigenvalue weighted by Gasteiger charge is 2.45. The number of benzene rings is 1. The van der Waals surface area contributed by atoms with E-state index in [1.165, 1.54) is 205 Å². The third kappa shape index (κ3) is 29.4.